The van der Waals surface area contributed by atoms with Crippen LogP contribution in [0.4, 0.5) is 0 Å². The first-order valence-corrected chi connectivity index (χ1v) is 7.11. The number of esters is 1. The molecule has 0 saturated carbocycles. The topological polar surface area (TPSA) is 72.3 Å². The van der Waals surface area contributed by atoms with Crippen molar-refractivity contribution in [3.05, 3.63) is 65.4 Å². The SMILES string of the molecule is CCOC(=O)/C(O)=C/c1cc(CCc2ccccc2)ncn1. The van der Waals surface area contributed by atoms with Crippen molar-refractivity contribution in [2.24, 2.45) is 0 Å². The molecule has 1 aromatic heterocycles. The molecule has 0 fully saturated rings. The van der Waals surface area contributed by atoms with Gasteiger partial charge in [-0.05, 0) is 31.4 Å². The molecule has 1 heterocycles. The summed E-state index contributed by atoms with van der Waals surface area (Å²) in [5.74, 6) is -1.22. The van der Waals surface area contributed by atoms with Gasteiger partial charge < -0.3 is 9.84 Å². The van der Waals surface area contributed by atoms with Gasteiger partial charge in [0.25, 0.3) is 0 Å². The molecule has 0 aliphatic rings. The Balaban J connectivity index is 2.03. The smallest absolute Gasteiger partial charge is 0.373 e. The van der Waals surface area contributed by atoms with Gasteiger partial charge in [-0.1, -0.05) is 30.3 Å². The molecule has 5 nitrogen and oxygen atoms in total. The van der Waals surface area contributed by atoms with Gasteiger partial charge in [-0.2, -0.15) is 0 Å². The van der Waals surface area contributed by atoms with E-state index in [-0.39, 0.29) is 6.61 Å². The summed E-state index contributed by atoms with van der Waals surface area (Å²) in [6.45, 7) is 1.89. The molecule has 0 radical (unpaired) electrons. The highest BCUT2D eigenvalue weighted by Crippen LogP contribution is 2.08. The fourth-order valence-electron chi connectivity index (χ4n) is 1.95. The number of benzene rings is 1. The zero-order valence-corrected chi connectivity index (χ0v) is 12.4. The van der Waals surface area contributed by atoms with Crippen LogP contribution in [0.3, 0.4) is 0 Å². The maximum absolute atomic E-state index is 11.4. The Morgan fingerprint density at radius 2 is 2.00 bits per heavy atom. The lowest BCUT2D eigenvalue weighted by Crippen LogP contribution is -2.07. The van der Waals surface area contributed by atoms with Crippen LogP contribution in [0, 0.1) is 0 Å². The van der Waals surface area contributed by atoms with E-state index in [2.05, 4.69) is 22.1 Å². The van der Waals surface area contributed by atoms with E-state index < -0.39 is 11.7 Å². The molecule has 5 heteroatoms. The Bertz CT molecular complexity index is 654. The summed E-state index contributed by atoms with van der Waals surface area (Å²) in [4.78, 5) is 19.6. The van der Waals surface area contributed by atoms with Gasteiger partial charge >= 0.3 is 5.97 Å². The van der Waals surface area contributed by atoms with Crippen LogP contribution in [0.1, 0.15) is 23.9 Å². The third-order valence-electron chi connectivity index (χ3n) is 3.03. The number of nitrogens with zero attached hydrogens (tertiary/aromatic N) is 2. The van der Waals surface area contributed by atoms with E-state index >= 15 is 0 Å². The van der Waals surface area contributed by atoms with E-state index in [0.29, 0.717) is 5.69 Å². The zero-order chi connectivity index (χ0) is 15.8. The molecule has 0 atom stereocenters. The molecule has 22 heavy (non-hydrogen) atoms. The third kappa shape index (κ3) is 4.70. The fourth-order valence-corrected chi connectivity index (χ4v) is 1.95. The van der Waals surface area contributed by atoms with Crippen molar-refractivity contribution in [1.82, 2.24) is 9.97 Å². The summed E-state index contributed by atoms with van der Waals surface area (Å²) >= 11 is 0. The second-order valence-corrected chi connectivity index (χ2v) is 4.67. The van der Waals surface area contributed by atoms with E-state index in [1.165, 1.54) is 18.0 Å². The number of aliphatic hydroxyl groups excluding tert-OH is 1. The molecule has 0 aliphatic carbocycles. The van der Waals surface area contributed by atoms with Crippen LogP contribution < -0.4 is 0 Å². The van der Waals surface area contributed by atoms with Gasteiger partial charge in [0.1, 0.15) is 6.33 Å². The van der Waals surface area contributed by atoms with Crippen LogP contribution in [0.25, 0.3) is 6.08 Å². The third-order valence-corrected chi connectivity index (χ3v) is 3.03. The number of rotatable bonds is 6. The van der Waals surface area contributed by atoms with Crippen molar-refractivity contribution in [2.45, 2.75) is 19.8 Å². The molecule has 0 aliphatic heterocycles. The second kappa shape index (κ2) is 7.93. The average molecular weight is 298 g/mol. The molecule has 0 saturated heterocycles. The van der Waals surface area contributed by atoms with Crippen molar-refractivity contribution in [3.63, 3.8) is 0 Å². The first-order valence-electron chi connectivity index (χ1n) is 7.11. The summed E-state index contributed by atoms with van der Waals surface area (Å²) in [6.07, 6.45) is 4.33. The maximum Gasteiger partial charge on any atom is 0.373 e. The predicted octanol–water partition coefficient (Wildman–Crippen LogP) is 2.72. The number of aromatic nitrogens is 2. The zero-order valence-electron chi connectivity index (χ0n) is 12.4. The van der Waals surface area contributed by atoms with Crippen molar-refractivity contribution in [2.75, 3.05) is 6.61 Å². The quantitative estimate of drug-likeness (QED) is 0.504. The Hall–Kier alpha value is -2.69. The van der Waals surface area contributed by atoms with Gasteiger partial charge in [0, 0.05) is 11.8 Å². The fraction of sp³-hybridized carbons (Fsp3) is 0.235. The van der Waals surface area contributed by atoms with Crippen LogP contribution in [0.15, 0.2) is 48.5 Å². The molecule has 2 aromatic rings. The molecule has 1 N–H and O–H groups in total. The summed E-state index contributed by atoms with van der Waals surface area (Å²) in [5, 5.41) is 9.63. The highest BCUT2D eigenvalue weighted by Gasteiger charge is 2.08. The van der Waals surface area contributed by atoms with Gasteiger partial charge in [0.15, 0.2) is 0 Å². The number of carbonyl (C=O) groups excluding carboxylic acids is 1. The molecule has 1 aromatic carbocycles. The van der Waals surface area contributed by atoms with Crippen LogP contribution in [0.5, 0.6) is 0 Å². The van der Waals surface area contributed by atoms with Crippen LogP contribution in [-0.2, 0) is 22.4 Å². The number of aryl methyl sites for hydroxylation is 2. The molecule has 0 spiro atoms. The number of hydrogen-bond donors (Lipinski definition) is 1. The van der Waals surface area contributed by atoms with E-state index in [1.807, 2.05) is 18.2 Å². The summed E-state index contributed by atoms with van der Waals surface area (Å²) in [5.41, 5.74) is 2.55. The van der Waals surface area contributed by atoms with Crippen LogP contribution >= 0.6 is 0 Å². The first-order chi connectivity index (χ1) is 10.7. The molecule has 0 amide bonds. The molecule has 2 rings (SSSR count). The van der Waals surface area contributed by atoms with Gasteiger partial charge in [0.2, 0.25) is 5.76 Å². The lowest BCUT2D eigenvalue weighted by molar-refractivity contribution is -0.141. The number of ether oxygens (including phenoxy) is 1. The van der Waals surface area contributed by atoms with Gasteiger partial charge in [0.05, 0.1) is 12.3 Å². The molecule has 0 bridgehead atoms. The monoisotopic (exact) mass is 298 g/mol. The van der Waals surface area contributed by atoms with E-state index in [9.17, 15) is 9.90 Å². The molecule has 114 valence electrons. The van der Waals surface area contributed by atoms with Crippen molar-refractivity contribution in [1.29, 1.82) is 0 Å². The summed E-state index contributed by atoms with van der Waals surface area (Å²) in [6, 6.07) is 11.9. The second-order valence-electron chi connectivity index (χ2n) is 4.67. The first kappa shape index (κ1) is 15.7. The molecular formula is C17H18N2O3. The van der Waals surface area contributed by atoms with Gasteiger partial charge in [-0.15, -0.1) is 0 Å². The van der Waals surface area contributed by atoms with Crippen LogP contribution in [-0.4, -0.2) is 27.7 Å². The Morgan fingerprint density at radius 1 is 1.23 bits per heavy atom. The lowest BCUT2D eigenvalue weighted by atomic mass is 10.1. The van der Waals surface area contributed by atoms with Crippen molar-refractivity contribution >= 4 is 12.0 Å². The van der Waals surface area contributed by atoms with Crippen molar-refractivity contribution in [3.8, 4) is 0 Å². The van der Waals surface area contributed by atoms with Gasteiger partial charge in [-0.25, -0.2) is 14.8 Å². The Morgan fingerprint density at radius 3 is 2.73 bits per heavy atom. The maximum atomic E-state index is 11.4. The normalized spacial score (nSPS) is 11.2. The summed E-state index contributed by atoms with van der Waals surface area (Å²) < 4.78 is 4.71. The minimum atomic E-state index is -0.757. The highest BCUT2D eigenvalue weighted by molar-refractivity contribution is 5.90. The minimum absolute atomic E-state index is 0.211. The van der Waals surface area contributed by atoms with E-state index in [4.69, 9.17) is 4.74 Å². The predicted molar refractivity (Wildman–Crippen MR) is 83.1 cm³/mol. The highest BCUT2D eigenvalue weighted by atomic mass is 16.5. The van der Waals surface area contributed by atoms with E-state index in [1.54, 1.807) is 13.0 Å². The summed E-state index contributed by atoms with van der Waals surface area (Å²) in [7, 11) is 0. The largest absolute Gasteiger partial charge is 0.502 e. The number of hydrogen-bond acceptors (Lipinski definition) is 5. The van der Waals surface area contributed by atoms with Crippen molar-refractivity contribution < 1.29 is 14.6 Å². The van der Waals surface area contributed by atoms with Crippen LogP contribution in [0.2, 0.25) is 0 Å². The number of aliphatic hydroxyl groups is 1. The standard InChI is InChI=1S/C17H18N2O3/c1-2-22-17(21)16(20)11-15-10-14(18-12-19-15)9-8-13-6-4-3-5-7-13/h3-7,10-12,20H,2,8-9H2,1H3/b16-11-. The Kier molecular flexibility index (Phi) is 5.65. The van der Waals surface area contributed by atoms with Gasteiger partial charge in [-0.3, -0.25) is 0 Å². The number of carbonyl (C=O) groups is 1. The minimum Gasteiger partial charge on any atom is -0.502 e. The average Bonchev–Trinajstić information content (AvgIpc) is 2.54. The molecule has 0 unspecified atom stereocenters. The Labute approximate surface area is 129 Å². The van der Waals surface area contributed by atoms with E-state index in [0.717, 1.165) is 18.5 Å². The molecular weight excluding hydrogens is 280 g/mol. The lowest BCUT2D eigenvalue weighted by Gasteiger charge is -2.03.